The molecule has 0 saturated carbocycles. The molecule has 132 valence electrons. The molecule has 1 aromatic carbocycles. The minimum atomic E-state index is 0.497. The first-order valence-corrected chi connectivity index (χ1v) is 8.57. The Morgan fingerprint density at radius 2 is 2.16 bits per heavy atom. The molecule has 0 atom stereocenters. The summed E-state index contributed by atoms with van der Waals surface area (Å²) in [5, 5.41) is 8.41. The van der Waals surface area contributed by atoms with Gasteiger partial charge < -0.3 is 20.0 Å². The predicted octanol–water partition coefficient (Wildman–Crippen LogP) is 3.33. The van der Waals surface area contributed by atoms with Crippen LogP contribution in [-0.2, 0) is 13.0 Å². The summed E-state index contributed by atoms with van der Waals surface area (Å²) in [5.74, 6) is 2.22. The van der Waals surface area contributed by atoms with Gasteiger partial charge in [0.2, 0.25) is 5.89 Å². The third-order valence-corrected chi connectivity index (χ3v) is 4.35. The number of oxazole rings is 1. The standard InChI is InChI=1S/C18H22ClN5O/c1-11-12(2)25-17(24-11)10-23-18(20-3)21-7-6-13-9-22-16-5-4-14(19)8-15(13)16/h4-5,8-9,22H,6-7,10H2,1-3H3,(H2,20,21,23). The molecule has 0 spiro atoms. The van der Waals surface area contributed by atoms with Crippen LogP contribution in [0.15, 0.2) is 33.8 Å². The molecule has 0 aliphatic rings. The lowest BCUT2D eigenvalue weighted by Crippen LogP contribution is -2.37. The van der Waals surface area contributed by atoms with Crippen LogP contribution in [0, 0.1) is 13.8 Å². The third-order valence-electron chi connectivity index (χ3n) is 4.12. The largest absolute Gasteiger partial charge is 0.444 e. The molecule has 0 aliphatic carbocycles. The van der Waals surface area contributed by atoms with Crippen LogP contribution in [0.5, 0.6) is 0 Å². The number of fused-ring (bicyclic) bond motifs is 1. The van der Waals surface area contributed by atoms with Gasteiger partial charge in [-0.2, -0.15) is 0 Å². The minimum absolute atomic E-state index is 0.497. The fourth-order valence-electron chi connectivity index (χ4n) is 2.67. The molecule has 0 fully saturated rings. The van der Waals surface area contributed by atoms with Crippen LogP contribution >= 0.6 is 11.6 Å². The molecule has 0 bridgehead atoms. The Balaban J connectivity index is 1.53. The number of aromatic amines is 1. The molecule has 7 heteroatoms. The van der Waals surface area contributed by atoms with Crippen molar-refractivity contribution in [2.24, 2.45) is 4.99 Å². The Hall–Kier alpha value is -2.47. The lowest BCUT2D eigenvalue weighted by molar-refractivity contribution is 0.464. The number of aromatic nitrogens is 2. The summed E-state index contributed by atoms with van der Waals surface area (Å²) in [6, 6.07) is 5.87. The van der Waals surface area contributed by atoms with Gasteiger partial charge in [0.15, 0.2) is 5.96 Å². The first kappa shape index (κ1) is 17.4. The number of aryl methyl sites for hydroxylation is 2. The van der Waals surface area contributed by atoms with Gasteiger partial charge in [0, 0.05) is 35.7 Å². The van der Waals surface area contributed by atoms with Crippen LogP contribution in [0.1, 0.15) is 22.9 Å². The SMILES string of the molecule is CN=C(NCCc1c[nH]c2ccc(Cl)cc12)NCc1nc(C)c(C)o1. The van der Waals surface area contributed by atoms with Crippen molar-refractivity contribution >= 4 is 28.5 Å². The Morgan fingerprint density at radius 1 is 1.32 bits per heavy atom. The fourth-order valence-corrected chi connectivity index (χ4v) is 2.84. The van der Waals surface area contributed by atoms with Crippen molar-refractivity contribution in [3.63, 3.8) is 0 Å². The van der Waals surface area contributed by atoms with E-state index in [2.05, 4.69) is 25.6 Å². The van der Waals surface area contributed by atoms with Crippen molar-refractivity contribution in [3.05, 3.63) is 52.3 Å². The molecule has 0 saturated heterocycles. The Morgan fingerprint density at radius 3 is 2.88 bits per heavy atom. The lowest BCUT2D eigenvalue weighted by atomic mass is 10.1. The highest BCUT2D eigenvalue weighted by atomic mass is 35.5. The minimum Gasteiger partial charge on any atom is -0.444 e. The van der Waals surface area contributed by atoms with Crippen molar-refractivity contribution in [2.45, 2.75) is 26.8 Å². The fraction of sp³-hybridized carbons (Fsp3) is 0.333. The number of rotatable bonds is 5. The zero-order chi connectivity index (χ0) is 17.8. The first-order valence-electron chi connectivity index (χ1n) is 8.19. The number of hydrogen-bond donors (Lipinski definition) is 3. The first-order chi connectivity index (χ1) is 12.1. The molecule has 3 aromatic rings. The summed E-state index contributed by atoms with van der Waals surface area (Å²) in [7, 11) is 1.74. The van der Waals surface area contributed by atoms with E-state index in [0.717, 1.165) is 40.3 Å². The molecule has 2 heterocycles. The maximum Gasteiger partial charge on any atom is 0.214 e. The molecule has 2 aromatic heterocycles. The molecule has 3 N–H and O–H groups in total. The summed E-state index contributed by atoms with van der Waals surface area (Å²) in [4.78, 5) is 11.8. The normalized spacial score (nSPS) is 11.9. The van der Waals surface area contributed by atoms with Gasteiger partial charge in [0.05, 0.1) is 12.2 Å². The second-order valence-corrected chi connectivity index (χ2v) is 6.29. The van der Waals surface area contributed by atoms with Crippen LogP contribution in [-0.4, -0.2) is 29.5 Å². The molecule has 0 amide bonds. The van der Waals surface area contributed by atoms with E-state index in [1.54, 1.807) is 7.05 Å². The number of benzene rings is 1. The van der Waals surface area contributed by atoms with E-state index in [9.17, 15) is 0 Å². The summed E-state index contributed by atoms with van der Waals surface area (Å²) in [6.07, 6.45) is 2.88. The summed E-state index contributed by atoms with van der Waals surface area (Å²) in [5.41, 5.74) is 3.23. The molecule has 3 rings (SSSR count). The van der Waals surface area contributed by atoms with Gasteiger partial charge in [0.1, 0.15) is 5.76 Å². The Bertz CT molecular complexity index is 877. The number of guanidine groups is 1. The van der Waals surface area contributed by atoms with Gasteiger partial charge in [0.25, 0.3) is 0 Å². The summed E-state index contributed by atoms with van der Waals surface area (Å²) >= 11 is 6.09. The number of halogens is 1. The van der Waals surface area contributed by atoms with Crippen molar-refractivity contribution < 1.29 is 4.42 Å². The number of nitrogens with one attached hydrogen (secondary N) is 3. The van der Waals surface area contributed by atoms with Crippen molar-refractivity contribution in [1.29, 1.82) is 0 Å². The molecule has 6 nitrogen and oxygen atoms in total. The lowest BCUT2D eigenvalue weighted by Gasteiger charge is -2.10. The molecular weight excluding hydrogens is 338 g/mol. The van der Waals surface area contributed by atoms with E-state index in [4.69, 9.17) is 16.0 Å². The topological polar surface area (TPSA) is 78.2 Å². The van der Waals surface area contributed by atoms with Gasteiger partial charge in [-0.1, -0.05) is 11.6 Å². The predicted molar refractivity (Wildman–Crippen MR) is 101 cm³/mol. The Labute approximate surface area is 151 Å². The van der Waals surface area contributed by atoms with Crippen LogP contribution < -0.4 is 10.6 Å². The highest BCUT2D eigenvalue weighted by molar-refractivity contribution is 6.31. The van der Waals surface area contributed by atoms with Gasteiger partial charge in [-0.25, -0.2) is 4.98 Å². The monoisotopic (exact) mass is 359 g/mol. The third kappa shape index (κ3) is 4.14. The highest BCUT2D eigenvalue weighted by Gasteiger charge is 2.07. The van der Waals surface area contributed by atoms with E-state index in [0.29, 0.717) is 18.4 Å². The maximum absolute atomic E-state index is 6.09. The zero-order valence-corrected chi connectivity index (χ0v) is 15.4. The average Bonchev–Trinajstić information content (AvgIpc) is 3.14. The van der Waals surface area contributed by atoms with E-state index in [1.807, 2.05) is 38.2 Å². The number of aliphatic imine (C=N–C) groups is 1. The molecule has 0 unspecified atom stereocenters. The molecule has 0 radical (unpaired) electrons. The highest BCUT2D eigenvalue weighted by Crippen LogP contribution is 2.22. The van der Waals surface area contributed by atoms with Crippen LogP contribution in [0.2, 0.25) is 5.02 Å². The van der Waals surface area contributed by atoms with Crippen molar-refractivity contribution in [1.82, 2.24) is 20.6 Å². The van der Waals surface area contributed by atoms with Crippen LogP contribution in [0.25, 0.3) is 10.9 Å². The number of hydrogen-bond acceptors (Lipinski definition) is 3. The smallest absolute Gasteiger partial charge is 0.214 e. The van der Waals surface area contributed by atoms with Crippen molar-refractivity contribution in [2.75, 3.05) is 13.6 Å². The van der Waals surface area contributed by atoms with E-state index < -0.39 is 0 Å². The second kappa shape index (κ2) is 7.61. The molecular formula is C18H22ClN5O. The van der Waals surface area contributed by atoms with Gasteiger partial charge in [-0.3, -0.25) is 4.99 Å². The summed E-state index contributed by atoms with van der Waals surface area (Å²) < 4.78 is 5.56. The van der Waals surface area contributed by atoms with E-state index >= 15 is 0 Å². The summed E-state index contributed by atoms with van der Waals surface area (Å²) in [6.45, 7) is 5.09. The van der Waals surface area contributed by atoms with Gasteiger partial charge >= 0.3 is 0 Å². The molecule has 25 heavy (non-hydrogen) atoms. The van der Waals surface area contributed by atoms with E-state index in [1.165, 1.54) is 5.56 Å². The Kier molecular flexibility index (Phi) is 5.28. The van der Waals surface area contributed by atoms with Crippen molar-refractivity contribution in [3.8, 4) is 0 Å². The average molecular weight is 360 g/mol. The second-order valence-electron chi connectivity index (χ2n) is 5.86. The number of nitrogens with zero attached hydrogens (tertiary/aromatic N) is 2. The van der Waals surface area contributed by atoms with E-state index in [-0.39, 0.29) is 0 Å². The quantitative estimate of drug-likeness (QED) is 0.482. The zero-order valence-electron chi connectivity index (χ0n) is 14.6. The van der Waals surface area contributed by atoms with Crippen LogP contribution in [0.4, 0.5) is 0 Å². The van der Waals surface area contributed by atoms with Gasteiger partial charge in [-0.05, 0) is 44.0 Å². The van der Waals surface area contributed by atoms with Gasteiger partial charge in [-0.15, -0.1) is 0 Å². The van der Waals surface area contributed by atoms with Crippen LogP contribution in [0.3, 0.4) is 0 Å². The number of H-pyrrole nitrogens is 1. The maximum atomic E-state index is 6.09. The molecule has 0 aliphatic heterocycles.